The molecule has 0 atom stereocenters. The summed E-state index contributed by atoms with van der Waals surface area (Å²) < 4.78 is 0. The van der Waals surface area contributed by atoms with Gasteiger partial charge in [-0.15, -0.1) is 0 Å². The van der Waals surface area contributed by atoms with Crippen LogP contribution in [0.2, 0.25) is 0 Å². The molecule has 2 nitrogen and oxygen atoms in total. The van der Waals surface area contributed by atoms with Crippen LogP contribution in [0.25, 0.3) is 0 Å². The predicted molar refractivity (Wildman–Crippen MR) is 31.3 cm³/mol. The van der Waals surface area contributed by atoms with E-state index < -0.39 is 0 Å². The highest BCUT2D eigenvalue weighted by atomic mass is 32.1. The predicted octanol–water partition coefficient (Wildman–Crippen LogP) is 0.359. The fourth-order valence-electron chi connectivity index (χ4n) is 0.431. The van der Waals surface area contributed by atoms with Gasteiger partial charge in [0.25, 0.3) is 0 Å². The first-order valence-electron chi connectivity index (χ1n) is 1.96. The molecule has 0 radical (unpaired) electrons. The van der Waals surface area contributed by atoms with Crippen LogP contribution in [0, 0.1) is 0 Å². The quantitative estimate of drug-likeness (QED) is 0.447. The van der Waals surface area contributed by atoms with Gasteiger partial charge in [-0.1, -0.05) is 12.2 Å². The van der Waals surface area contributed by atoms with Crippen LogP contribution in [0.4, 0.5) is 0 Å². The van der Waals surface area contributed by atoms with Crippen molar-refractivity contribution in [3.8, 4) is 0 Å². The second kappa shape index (κ2) is 1.50. The smallest absolute Gasteiger partial charge is 0.114 e. The summed E-state index contributed by atoms with van der Waals surface area (Å²) in [6.07, 6.45) is 1.54. The summed E-state index contributed by atoms with van der Waals surface area (Å²) in [5.74, 6) is 0.324. The third-order valence-corrected chi connectivity index (χ3v) is 1.00. The van der Waals surface area contributed by atoms with E-state index in [1.54, 1.807) is 0 Å². The van der Waals surface area contributed by atoms with Gasteiger partial charge in [-0.3, -0.25) is 0 Å². The molecule has 0 amide bonds. The molecule has 0 aliphatic carbocycles. The maximum absolute atomic E-state index is 8.61. The second-order valence-electron chi connectivity index (χ2n) is 1.35. The molecule has 0 aromatic carbocycles. The van der Waals surface area contributed by atoms with Gasteiger partial charge in [0.1, 0.15) is 10.7 Å². The summed E-state index contributed by atoms with van der Waals surface area (Å²) in [6, 6.07) is 0. The Hall–Kier alpha value is -0.570. The molecular formula is C4H5NOS. The molecule has 0 saturated heterocycles. The van der Waals surface area contributed by atoms with E-state index in [-0.39, 0.29) is 0 Å². The van der Waals surface area contributed by atoms with Crippen LogP contribution in [0.1, 0.15) is 0 Å². The molecule has 7 heavy (non-hydrogen) atoms. The average Bonchev–Trinajstić information content (AvgIpc) is 1.87. The first-order chi connectivity index (χ1) is 3.29. The number of rotatable bonds is 0. The van der Waals surface area contributed by atoms with Gasteiger partial charge >= 0.3 is 0 Å². The van der Waals surface area contributed by atoms with Gasteiger partial charge in [0, 0.05) is 6.08 Å². The Labute approximate surface area is 46.8 Å². The molecule has 3 heteroatoms. The van der Waals surface area contributed by atoms with E-state index in [2.05, 4.69) is 17.5 Å². The molecule has 1 heterocycles. The lowest BCUT2D eigenvalue weighted by molar-refractivity contribution is 0.405. The van der Waals surface area contributed by atoms with Crippen LogP contribution in [-0.4, -0.2) is 16.6 Å². The Kier molecular flexibility index (Phi) is 0.982. The topological polar surface area (TPSA) is 32.3 Å². The standard InChI is InChI=1S/C4H5NOS/c6-3-1-4(7)5-2-3/h1,6H,2H2,(H,5,7). The SMILES string of the molecule is OC1=CC(=S)NC1. The first-order valence-corrected chi connectivity index (χ1v) is 2.37. The largest absolute Gasteiger partial charge is 0.510 e. The fourth-order valence-corrected chi connectivity index (χ4v) is 0.639. The van der Waals surface area contributed by atoms with Gasteiger partial charge in [0.15, 0.2) is 0 Å². The summed E-state index contributed by atoms with van der Waals surface area (Å²) in [6.45, 7) is 0.499. The Morgan fingerprint density at radius 1 is 1.86 bits per heavy atom. The van der Waals surface area contributed by atoms with E-state index in [9.17, 15) is 0 Å². The van der Waals surface area contributed by atoms with E-state index in [4.69, 9.17) is 5.11 Å². The number of hydrogen-bond acceptors (Lipinski definition) is 2. The highest BCUT2D eigenvalue weighted by Gasteiger charge is 2.02. The van der Waals surface area contributed by atoms with E-state index in [1.807, 2.05) is 0 Å². The van der Waals surface area contributed by atoms with Gasteiger partial charge in [0.2, 0.25) is 0 Å². The number of aliphatic hydroxyl groups excluding tert-OH is 1. The zero-order valence-electron chi connectivity index (χ0n) is 3.64. The van der Waals surface area contributed by atoms with E-state index in [1.165, 1.54) is 6.08 Å². The summed E-state index contributed by atoms with van der Waals surface area (Å²) in [7, 11) is 0. The number of thiocarbonyl (C=S) groups is 1. The molecule has 0 aromatic rings. The van der Waals surface area contributed by atoms with Crippen LogP contribution < -0.4 is 5.32 Å². The number of aliphatic hydroxyl groups is 1. The first kappa shape index (κ1) is 4.59. The number of hydrogen-bond donors (Lipinski definition) is 2. The van der Waals surface area contributed by atoms with Gasteiger partial charge in [-0.05, 0) is 0 Å². The van der Waals surface area contributed by atoms with Gasteiger partial charge in [0.05, 0.1) is 6.54 Å². The minimum atomic E-state index is 0.324. The van der Waals surface area contributed by atoms with E-state index >= 15 is 0 Å². The third kappa shape index (κ3) is 0.899. The molecule has 1 aliphatic rings. The Morgan fingerprint density at radius 3 is 2.71 bits per heavy atom. The minimum absolute atomic E-state index is 0.324. The van der Waals surface area contributed by atoms with Crippen molar-refractivity contribution in [2.75, 3.05) is 6.54 Å². The highest BCUT2D eigenvalue weighted by Crippen LogP contribution is 1.93. The molecule has 0 unspecified atom stereocenters. The average molecular weight is 115 g/mol. The van der Waals surface area contributed by atoms with E-state index in [0.29, 0.717) is 17.3 Å². The number of nitrogens with one attached hydrogen (secondary N) is 1. The molecule has 0 saturated carbocycles. The molecule has 1 aliphatic heterocycles. The Morgan fingerprint density at radius 2 is 2.57 bits per heavy atom. The van der Waals surface area contributed by atoms with Crippen LogP contribution in [0.5, 0.6) is 0 Å². The molecule has 38 valence electrons. The molecular weight excluding hydrogens is 110 g/mol. The zero-order chi connectivity index (χ0) is 5.28. The zero-order valence-corrected chi connectivity index (χ0v) is 4.46. The molecule has 0 spiro atoms. The summed E-state index contributed by atoms with van der Waals surface area (Å²) >= 11 is 4.65. The maximum Gasteiger partial charge on any atom is 0.114 e. The van der Waals surface area contributed by atoms with Crippen molar-refractivity contribution in [2.24, 2.45) is 0 Å². The maximum atomic E-state index is 8.61. The summed E-state index contributed by atoms with van der Waals surface area (Å²) in [5, 5.41) is 11.4. The normalized spacial score (nSPS) is 18.9. The lowest BCUT2D eigenvalue weighted by Crippen LogP contribution is -2.12. The lowest BCUT2D eigenvalue weighted by atomic mass is 10.5. The molecule has 0 fully saturated rings. The monoisotopic (exact) mass is 115 g/mol. The Bertz CT molecular complexity index is 130. The fraction of sp³-hybridized carbons (Fsp3) is 0.250. The van der Waals surface area contributed by atoms with Crippen molar-refractivity contribution in [1.29, 1.82) is 0 Å². The van der Waals surface area contributed by atoms with Gasteiger partial charge < -0.3 is 10.4 Å². The van der Waals surface area contributed by atoms with Gasteiger partial charge in [-0.2, -0.15) is 0 Å². The van der Waals surface area contributed by atoms with Crippen molar-refractivity contribution >= 4 is 17.2 Å². The summed E-state index contributed by atoms with van der Waals surface area (Å²) in [4.78, 5) is 0.623. The van der Waals surface area contributed by atoms with E-state index in [0.717, 1.165) is 0 Å². The van der Waals surface area contributed by atoms with Crippen molar-refractivity contribution in [1.82, 2.24) is 5.32 Å². The molecule has 0 bridgehead atoms. The van der Waals surface area contributed by atoms with Crippen molar-refractivity contribution < 1.29 is 5.11 Å². The van der Waals surface area contributed by atoms with Crippen LogP contribution in [-0.2, 0) is 0 Å². The molecule has 2 N–H and O–H groups in total. The minimum Gasteiger partial charge on any atom is -0.510 e. The lowest BCUT2D eigenvalue weighted by Gasteiger charge is -1.86. The van der Waals surface area contributed by atoms with Crippen LogP contribution in [0.3, 0.4) is 0 Å². The van der Waals surface area contributed by atoms with Crippen molar-refractivity contribution in [3.63, 3.8) is 0 Å². The van der Waals surface area contributed by atoms with Crippen molar-refractivity contribution in [3.05, 3.63) is 11.8 Å². The highest BCUT2D eigenvalue weighted by molar-refractivity contribution is 7.80. The van der Waals surface area contributed by atoms with Crippen molar-refractivity contribution in [2.45, 2.75) is 0 Å². The Balaban J connectivity index is 2.67. The van der Waals surface area contributed by atoms with Crippen LogP contribution in [0.15, 0.2) is 11.8 Å². The second-order valence-corrected chi connectivity index (χ2v) is 1.79. The molecule has 0 aromatic heterocycles. The summed E-state index contributed by atoms with van der Waals surface area (Å²) in [5.41, 5.74) is 0. The third-order valence-electron chi connectivity index (χ3n) is 0.741. The van der Waals surface area contributed by atoms with Gasteiger partial charge in [-0.25, -0.2) is 0 Å². The molecule has 1 rings (SSSR count). The van der Waals surface area contributed by atoms with Crippen LogP contribution >= 0.6 is 12.2 Å².